The number of para-hydroxylation sites is 2. The molecule has 0 heterocycles. The van der Waals surface area contributed by atoms with E-state index in [1.807, 2.05) is 36.4 Å². The summed E-state index contributed by atoms with van der Waals surface area (Å²) in [5.74, 6) is 2.01. The molecule has 3 heteroatoms. The normalized spacial score (nSPS) is 18.5. The summed E-state index contributed by atoms with van der Waals surface area (Å²) >= 11 is 0. The summed E-state index contributed by atoms with van der Waals surface area (Å²) in [6, 6.07) is 28.1. The van der Waals surface area contributed by atoms with E-state index in [1.165, 1.54) is 43.2 Å². The molecule has 154 valence electrons. The monoisotopic (exact) mass is 399 g/mol. The maximum atomic E-state index is 12.3. The van der Waals surface area contributed by atoms with Gasteiger partial charge in [0.05, 0.1) is 0 Å². The summed E-state index contributed by atoms with van der Waals surface area (Å²) < 4.78 is 5.38. The summed E-state index contributed by atoms with van der Waals surface area (Å²) in [6.07, 6.45) is 6.81. The molecule has 0 radical (unpaired) electrons. The summed E-state index contributed by atoms with van der Waals surface area (Å²) in [6.45, 7) is 0. The van der Waals surface area contributed by atoms with E-state index in [2.05, 4.69) is 41.7 Å². The van der Waals surface area contributed by atoms with Crippen LogP contribution in [0.5, 0.6) is 5.75 Å². The quantitative estimate of drug-likeness (QED) is 0.490. The fraction of sp³-hybridized carbons (Fsp3) is 0.296. The van der Waals surface area contributed by atoms with Crippen LogP contribution in [0.25, 0.3) is 0 Å². The molecule has 1 fully saturated rings. The van der Waals surface area contributed by atoms with Gasteiger partial charge in [-0.05, 0) is 79.7 Å². The Labute approximate surface area is 179 Å². The third-order valence-electron chi connectivity index (χ3n) is 6.05. The van der Waals surface area contributed by atoms with Crippen LogP contribution in [0, 0.1) is 11.8 Å². The Morgan fingerprint density at radius 2 is 1.30 bits per heavy atom. The fourth-order valence-electron chi connectivity index (χ4n) is 4.45. The minimum Gasteiger partial charge on any atom is -0.410 e. The smallest absolute Gasteiger partial charge is 0.410 e. The molecule has 0 spiro atoms. The number of anilines is 1. The van der Waals surface area contributed by atoms with Crippen molar-refractivity contribution in [2.45, 2.75) is 38.5 Å². The van der Waals surface area contributed by atoms with Crippen LogP contribution in [0.15, 0.2) is 84.9 Å². The minimum absolute atomic E-state index is 0.444. The SMILES string of the molecule is O=C(Nc1ccccc1CC1CCC(Cc2ccccc2)CC1)Oc1ccccc1. The van der Waals surface area contributed by atoms with Crippen LogP contribution < -0.4 is 10.1 Å². The first-order valence-corrected chi connectivity index (χ1v) is 10.9. The molecule has 0 aliphatic heterocycles. The van der Waals surface area contributed by atoms with Crippen molar-refractivity contribution in [3.63, 3.8) is 0 Å². The van der Waals surface area contributed by atoms with Crippen molar-refractivity contribution in [2.75, 3.05) is 5.32 Å². The van der Waals surface area contributed by atoms with Gasteiger partial charge in [0.15, 0.2) is 0 Å². The van der Waals surface area contributed by atoms with Crippen LogP contribution in [-0.4, -0.2) is 6.09 Å². The Bertz CT molecular complexity index is 931. The van der Waals surface area contributed by atoms with Gasteiger partial charge in [-0.2, -0.15) is 0 Å². The van der Waals surface area contributed by atoms with Crippen molar-refractivity contribution < 1.29 is 9.53 Å². The highest BCUT2D eigenvalue weighted by atomic mass is 16.6. The van der Waals surface area contributed by atoms with E-state index < -0.39 is 6.09 Å². The van der Waals surface area contributed by atoms with Crippen molar-refractivity contribution in [2.24, 2.45) is 11.8 Å². The minimum atomic E-state index is -0.444. The number of carbonyl (C=O) groups excluding carboxylic acids is 1. The van der Waals surface area contributed by atoms with E-state index in [0.717, 1.165) is 18.0 Å². The zero-order chi connectivity index (χ0) is 20.6. The number of hydrogen-bond donors (Lipinski definition) is 1. The molecule has 1 N–H and O–H groups in total. The van der Waals surface area contributed by atoms with Crippen molar-refractivity contribution >= 4 is 11.8 Å². The van der Waals surface area contributed by atoms with Crippen LogP contribution in [-0.2, 0) is 12.8 Å². The second-order valence-electron chi connectivity index (χ2n) is 8.27. The van der Waals surface area contributed by atoms with Gasteiger partial charge < -0.3 is 4.74 Å². The molecule has 30 heavy (non-hydrogen) atoms. The number of rotatable bonds is 6. The van der Waals surface area contributed by atoms with Crippen molar-refractivity contribution in [1.29, 1.82) is 0 Å². The second-order valence-corrected chi connectivity index (χ2v) is 8.27. The average Bonchev–Trinajstić information content (AvgIpc) is 2.78. The lowest BCUT2D eigenvalue weighted by atomic mass is 9.77. The Balaban J connectivity index is 1.30. The van der Waals surface area contributed by atoms with Crippen molar-refractivity contribution in [3.05, 3.63) is 96.1 Å². The first kappa shape index (κ1) is 20.2. The molecule has 0 saturated heterocycles. The third-order valence-corrected chi connectivity index (χ3v) is 6.05. The highest BCUT2D eigenvalue weighted by Crippen LogP contribution is 2.34. The molecule has 0 aromatic heterocycles. The van der Waals surface area contributed by atoms with Crippen LogP contribution in [0.4, 0.5) is 10.5 Å². The molecule has 1 aliphatic carbocycles. The van der Waals surface area contributed by atoms with Crippen molar-refractivity contribution in [1.82, 2.24) is 0 Å². The Morgan fingerprint density at radius 3 is 2.00 bits per heavy atom. The molecule has 3 aromatic carbocycles. The van der Waals surface area contributed by atoms with E-state index in [4.69, 9.17) is 4.74 Å². The van der Waals surface area contributed by atoms with Crippen molar-refractivity contribution in [3.8, 4) is 5.75 Å². The Hall–Kier alpha value is -3.07. The van der Waals surface area contributed by atoms with E-state index in [9.17, 15) is 4.79 Å². The van der Waals surface area contributed by atoms with Gasteiger partial charge >= 0.3 is 6.09 Å². The predicted molar refractivity (Wildman–Crippen MR) is 122 cm³/mol. The molecular formula is C27H29NO2. The molecule has 1 aliphatic rings. The maximum Gasteiger partial charge on any atom is 0.417 e. The lowest BCUT2D eigenvalue weighted by Crippen LogP contribution is -2.20. The maximum absolute atomic E-state index is 12.3. The van der Waals surface area contributed by atoms with E-state index in [0.29, 0.717) is 11.7 Å². The average molecular weight is 400 g/mol. The van der Waals surface area contributed by atoms with Gasteiger partial charge in [-0.15, -0.1) is 0 Å². The van der Waals surface area contributed by atoms with Crippen LogP contribution in [0.3, 0.4) is 0 Å². The summed E-state index contributed by atoms with van der Waals surface area (Å²) in [7, 11) is 0. The zero-order valence-electron chi connectivity index (χ0n) is 17.3. The topological polar surface area (TPSA) is 38.3 Å². The molecule has 0 atom stereocenters. The van der Waals surface area contributed by atoms with E-state index in [1.54, 1.807) is 12.1 Å². The molecular weight excluding hydrogens is 370 g/mol. The lowest BCUT2D eigenvalue weighted by molar-refractivity contribution is 0.215. The summed E-state index contributed by atoms with van der Waals surface area (Å²) in [4.78, 5) is 12.3. The van der Waals surface area contributed by atoms with Gasteiger partial charge in [0.1, 0.15) is 5.75 Å². The van der Waals surface area contributed by atoms with Gasteiger partial charge in [0.2, 0.25) is 0 Å². The molecule has 0 bridgehead atoms. The van der Waals surface area contributed by atoms with Crippen LogP contribution >= 0.6 is 0 Å². The summed E-state index contributed by atoms with van der Waals surface area (Å²) in [5.41, 5.74) is 3.49. The largest absolute Gasteiger partial charge is 0.417 e. The van der Waals surface area contributed by atoms with Gasteiger partial charge in [-0.1, -0.05) is 66.7 Å². The van der Waals surface area contributed by atoms with Crippen LogP contribution in [0.2, 0.25) is 0 Å². The molecule has 3 aromatic rings. The first-order chi connectivity index (χ1) is 14.8. The molecule has 0 unspecified atom stereocenters. The Morgan fingerprint density at radius 1 is 0.733 bits per heavy atom. The predicted octanol–water partition coefficient (Wildman–Crippen LogP) is 6.89. The highest BCUT2D eigenvalue weighted by Gasteiger charge is 2.22. The van der Waals surface area contributed by atoms with E-state index in [-0.39, 0.29) is 0 Å². The number of nitrogens with one attached hydrogen (secondary N) is 1. The molecule has 1 amide bonds. The molecule has 4 rings (SSSR count). The first-order valence-electron chi connectivity index (χ1n) is 10.9. The number of hydrogen-bond acceptors (Lipinski definition) is 2. The number of amides is 1. The van der Waals surface area contributed by atoms with E-state index >= 15 is 0 Å². The second kappa shape index (κ2) is 10.1. The third kappa shape index (κ3) is 5.73. The number of ether oxygens (including phenoxy) is 1. The van der Waals surface area contributed by atoms with Gasteiger partial charge in [0, 0.05) is 5.69 Å². The Kier molecular flexibility index (Phi) is 6.81. The fourth-order valence-corrected chi connectivity index (χ4v) is 4.45. The number of carbonyl (C=O) groups is 1. The zero-order valence-corrected chi connectivity index (χ0v) is 17.3. The number of benzene rings is 3. The van der Waals surface area contributed by atoms with Gasteiger partial charge in [-0.25, -0.2) is 4.79 Å². The lowest BCUT2D eigenvalue weighted by Gasteiger charge is -2.29. The van der Waals surface area contributed by atoms with Gasteiger partial charge in [-0.3, -0.25) is 5.32 Å². The van der Waals surface area contributed by atoms with Gasteiger partial charge in [0.25, 0.3) is 0 Å². The standard InChI is InChI=1S/C27H29NO2/c29-27(30-25-12-5-2-6-13-25)28-26-14-8-7-11-24(26)20-23-17-15-22(16-18-23)19-21-9-3-1-4-10-21/h1-14,22-23H,15-20H2,(H,28,29). The summed E-state index contributed by atoms with van der Waals surface area (Å²) in [5, 5.41) is 2.93. The highest BCUT2D eigenvalue weighted by molar-refractivity contribution is 5.87. The molecule has 1 saturated carbocycles. The van der Waals surface area contributed by atoms with Crippen LogP contribution in [0.1, 0.15) is 36.8 Å². The molecule has 3 nitrogen and oxygen atoms in total.